The summed E-state index contributed by atoms with van der Waals surface area (Å²) in [5.74, 6) is 0.682. The first-order valence-corrected chi connectivity index (χ1v) is 15.2. The van der Waals surface area contributed by atoms with Gasteiger partial charge in [0.1, 0.15) is 0 Å². The molecule has 0 aliphatic heterocycles. The van der Waals surface area contributed by atoms with Crippen molar-refractivity contribution in [3.05, 3.63) is 123 Å². The topological polar surface area (TPSA) is 0 Å². The summed E-state index contributed by atoms with van der Waals surface area (Å²) in [6.07, 6.45) is 11.1. The normalized spacial score (nSPS) is 16.8. The minimum Gasteiger partial charge on any atom is -1.00 e. The Morgan fingerprint density at radius 2 is 1.46 bits per heavy atom. The second-order valence-corrected chi connectivity index (χ2v) is 13.5. The van der Waals surface area contributed by atoms with Gasteiger partial charge in [0, 0.05) is 0 Å². The van der Waals surface area contributed by atoms with Crippen molar-refractivity contribution >= 4 is 24.6 Å². The third-order valence-electron chi connectivity index (χ3n) is 6.73. The van der Waals surface area contributed by atoms with Crippen LogP contribution in [0.25, 0.3) is 6.08 Å². The number of hydrogen-bond acceptors (Lipinski definition) is 0. The van der Waals surface area contributed by atoms with E-state index in [2.05, 4.69) is 117 Å². The Morgan fingerprint density at radius 3 is 2.09 bits per heavy atom. The van der Waals surface area contributed by atoms with Gasteiger partial charge in [-0.1, -0.05) is 0 Å². The Bertz CT molecular complexity index is 1160. The molecule has 0 spiro atoms. The van der Waals surface area contributed by atoms with Crippen molar-refractivity contribution in [2.45, 2.75) is 37.3 Å². The average Bonchev–Trinajstić information content (AvgIpc) is 3.46. The Morgan fingerprint density at radius 1 is 0.857 bits per heavy atom. The van der Waals surface area contributed by atoms with Crippen LogP contribution in [0.4, 0.5) is 0 Å². The van der Waals surface area contributed by atoms with Crippen LogP contribution in [0.15, 0.2) is 112 Å². The van der Waals surface area contributed by atoms with Gasteiger partial charge in [0.05, 0.1) is 0 Å². The van der Waals surface area contributed by atoms with Crippen LogP contribution in [0, 0.1) is 5.92 Å². The predicted molar refractivity (Wildman–Crippen MR) is 141 cm³/mol. The van der Waals surface area contributed by atoms with Crippen LogP contribution in [0.5, 0.6) is 0 Å². The Balaban J connectivity index is 0.00000171. The molecule has 0 radical (unpaired) electrons. The molecule has 4 heteroatoms. The van der Waals surface area contributed by atoms with E-state index in [4.69, 9.17) is 0 Å². The zero-order valence-electron chi connectivity index (χ0n) is 20.3. The van der Waals surface area contributed by atoms with E-state index in [1.807, 2.05) is 0 Å². The maximum absolute atomic E-state index is 2.55. The number of fused-ring (bicyclic) bond motifs is 1. The number of halogens is 2. The molecule has 0 amide bonds. The van der Waals surface area contributed by atoms with Crippen LogP contribution < -0.4 is 20.0 Å². The summed E-state index contributed by atoms with van der Waals surface area (Å²) < 4.78 is 2.35. The van der Waals surface area contributed by atoms with Gasteiger partial charge < -0.3 is 9.41 Å². The third-order valence-corrected chi connectivity index (χ3v) is 12.4. The Hall–Kier alpha value is -2.12. The van der Waals surface area contributed by atoms with Crippen LogP contribution in [-0.2, 0) is 19.2 Å². The van der Waals surface area contributed by atoms with Crippen molar-refractivity contribution in [1.82, 2.24) is 0 Å². The zero-order valence-corrected chi connectivity index (χ0v) is 22.8. The summed E-state index contributed by atoms with van der Waals surface area (Å²) in [7, 11) is -0.545. The van der Waals surface area contributed by atoms with Crippen LogP contribution in [0.2, 0.25) is 0 Å². The van der Waals surface area contributed by atoms with Crippen molar-refractivity contribution in [3.63, 3.8) is 0 Å². The van der Waals surface area contributed by atoms with Crippen LogP contribution in [0.3, 0.4) is 0 Å². The molecule has 0 aromatic heterocycles. The molecule has 0 saturated carbocycles. The molecule has 35 heavy (non-hydrogen) atoms. The van der Waals surface area contributed by atoms with Gasteiger partial charge in [-0.25, -0.2) is 0 Å². The van der Waals surface area contributed by atoms with Crippen molar-refractivity contribution < 1.29 is 28.6 Å². The van der Waals surface area contributed by atoms with E-state index in [0.29, 0.717) is 10.1 Å². The summed E-state index contributed by atoms with van der Waals surface area (Å²) in [4.78, 5) is 0. The first-order valence-electron chi connectivity index (χ1n) is 12.1. The number of benzene rings is 3. The van der Waals surface area contributed by atoms with E-state index in [1.165, 1.54) is 35.4 Å². The summed E-state index contributed by atoms with van der Waals surface area (Å²) in [5.41, 5.74) is 4.66. The Labute approximate surface area is 218 Å². The average molecular weight is 520 g/mol. The molecule has 0 heterocycles. The van der Waals surface area contributed by atoms with Gasteiger partial charge in [-0.05, 0) is 0 Å². The molecule has 2 aliphatic rings. The second-order valence-electron chi connectivity index (χ2n) is 9.01. The van der Waals surface area contributed by atoms with Crippen LogP contribution in [-0.4, -0.2) is 0 Å². The van der Waals surface area contributed by atoms with Gasteiger partial charge in [0.2, 0.25) is 0 Å². The fourth-order valence-electron chi connectivity index (χ4n) is 5.14. The number of rotatable bonds is 8. The summed E-state index contributed by atoms with van der Waals surface area (Å²) >= 11 is -0.324. The second kappa shape index (κ2) is 12.7. The van der Waals surface area contributed by atoms with Gasteiger partial charge >= 0.3 is 210 Å². The fourth-order valence-corrected chi connectivity index (χ4v) is 11.2. The van der Waals surface area contributed by atoms with Gasteiger partial charge in [-0.2, -0.15) is 0 Å². The van der Waals surface area contributed by atoms with Crippen molar-refractivity contribution in [2.75, 3.05) is 0 Å². The van der Waals surface area contributed by atoms with E-state index in [-0.39, 0.29) is 28.6 Å². The maximum atomic E-state index is 2.55. The third kappa shape index (κ3) is 5.83. The van der Waals surface area contributed by atoms with Gasteiger partial charge in [-0.15, -0.1) is 0 Å². The molecule has 5 rings (SSSR count). The number of allylic oxidation sites excluding steroid dienone is 5. The van der Waals surface area contributed by atoms with Gasteiger partial charge in [-0.3, -0.25) is 0 Å². The molecule has 0 fully saturated rings. The minimum absolute atomic E-state index is 0. The van der Waals surface area contributed by atoms with Crippen LogP contribution in [0.1, 0.15) is 48.5 Å². The van der Waals surface area contributed by atoms with Crippen molar-refractivity contribution in [2.24, 2.45) is 5.92 Å². The first kappa shape index (κ1) is 27.5. The molecule has 178 valence electrons. The Kier molecular flexibility index (Phi) is 9.99. The summed E-state index contributed by atoms with van der Waals surface area (Å²) in [5, 5.41) is 4.59. The molecular formula is C31H31F2PTi. The molecule has 3 aromatic rings. The molecule has 0 N–H and O–H groups in total. The van der Waals surface area contributed by atoms with Crippen LogP contribution >= 0.6 is 7.92 Å². The molecule has 2 unspecified atom stereocenters. The molecule has 0 bridgehead atoms. The minimum atomic E-state index is -0.545. The fraction of sp³-hybridized carbons (Fsp3) is 0.226. The predicted octanol–water partition coefficient (Wildman–Crippen LogP) is 1.96. The molecule has 2 atom stereocenters. The van der Waals surface area contributed by atoms with E-state index >= 15 is 0 Å². The molecule has 0 nitrogen and oxygen atoms in total. The quantitative estimate of drug-likeness (QED) is 0.315. The molecule has 0 saturated heterocycles. The van der Waals surface area contributed by atoms with Gasteiger partial charge in [0.25, 0.3) is 0 Å². The van der Waals surface area contributed by atoms with Gasteiger partial charge in [0.15, 0.2) is 0 Å². The smallest absolute Gasteiger partial charge is 1.00 e. The summed E-state index contributed by atoms with van der Waals surface area (Å²) in [6.45, 7) is 4.74. The molecule has 2 aliphatic carbocycles. The SMILES string of the molecule is CCCC(C)C1=[C]([Ti+2][CH]2C(P(c3ccccc3)c3ccccc3)=Cc3ccccc32)CC=C1.[F-].[F-]. The van der Waals surface area contributed by atoms with E-state index < -0.39 is 7.92 Å². The van der Waals surface area contributed by atoms with Crippen molar-refractivity contribution in [3.8, 4) is 0 Å². The standard InChI is InChI=1S/C21H16P.C10H15.2FH.Ti/c1-3-11-19(12-4-1)22(20-13-5-2-6-14-20)21-15-17-9-7-8-10-18(17)16-21;1-3-6-9(2)10-7-4-5-8-10;;;/h1-16H;4,7,9H,3,5-6H2,1-2H3;2*1H;/q;;;;+2/p-2. The van der Waals surface area contributed by atoms with E-state index in [0.717, 1.165) is 0 Å². The monoisotopic (exact) mass is 520 g/mol. The van der Waals surface area contributed by atoms with E-state index in [9.17, 15) is 0 Å². The molecule has 3 aromatic carbocycles. The zero-order chi connectivity index (χ0) is 22.6. The largest absolute Gasteiger partial charge is 1.00 e. The summed E-state index contributed by atoms with van der Waals surface area (Å²) in [6, 6.07) is 31.6. The number of hydrogen-bond donors (Lipinski definition) is 0. The first-order chi connectivity index (χ1) is 16.3. The molecular weight excluding hydrogens is 489 g/mol. The van der Waals surface area contributed by atoms with Crippen molar-refractivity contribution in [1.29, 1.82) is 0 Å². The maximum Gasteiger partial charge on any atom is -1.00 e. The van der Waals surface area contributed by atoms with E-state index in [1.54, 1.807) is 20.3 Å².